The number of rotatable bonds is 5. The van der Waals surface area contributed by atoms with Gasteiger partial charge in [0.05, 0.1) is 0 Å². The van der Waals surface area contributed by atoms with Gasteiger partial charge >= 0.3 is 7.60 Å². The van der Waals surface area contributed by atoms with Crippen molar-refractivity contribution in [2.45, 2.75) is 25.9 Å². The molecule has 2 rings (SSSR count). The second-order valence-electron chi connectivity index (χ2n) is 5.75. The standard InChI is InChI=1S/C16H20NO4P/c1-11(2)10-15(22(19,20)21)16(18)17-14-9-5-7-12-6-3-4-8-13(12)14/h3-9,11,15H,10H2,1-2H3,(H,17,18)(H2,19,20,21). The van der Waals surface area contributed by atoms with Crippen molar-refractivity contribution in [1.29, 1.82) is 0 Å². The van der Waals surface area contributed by atoms with Gasteiger partial charge in [-0.3, -0.25) is 9.36 Å². The summed E-state index contributed by atoms with van der Waals surface area (Å²) in [6.07, 6.45) is 0.140. The molecule has 6 heteroatoms. The van der Waals surface area contributed by atoms with Crippen LogP contribution in [0.2, 0.25) is 0 Å². The minimum atomic E-state index is -4.50. The van der Waals surface area contributed by atoms with Crippen molar-refractivity contribution in [2.75, 3.05) is 5.32 Å². The van der Waals surface area contributed by atoms with E-state index in [9.17, 15) is 19.1 Å². The van der Waals surface area contributed by atoms with Crippen LogP contribution >= 0.6 is 7.60 Å². The second-order valence-corrected chi connectivity index (χ2v) is 7.55. The second kappa shape index (κ2) is 6.61. The molecule has 0 aromatic heterocycles. The zero-order valence-corrected chi connectivity index (χ0v) is 13.5. The van der Waals surface area contributed by atoms with Gasteiger partial charge in [0, 0.05) is 11.1 Å². The highest BCUT2D eigenvalue weighted by atomic mass is 31.2. The van der Waals surface area contributed by atoms with Gasteiger partial charge in [-0.1, -0.05) is 50.2 Å². The van der Waals surface area contributed by atoms with E-state index in [1.165, 1.54) is 0 Å². The molecule has 0 saturated carbocycles. The monoisotopic (exact) mass is 321 g/mol. The van der Waals surface area contributed by atoms with E-state index in [-0.39, 0.29) is 12.3 Å². The SMILES string of the molecule is CC(C)CC(C(=O)Nc1cccc2ccccc12)P(=O)(O)O. The summed E-state index contributed by atoms with van der Waals surface area (Å²) in [6.45, 7) is 3.65. The van der Waals surface area contributed by atoms with Gasteiger partial charge < -0.3 is 15.1 Å². The molecule has 22 heavy (non-hydrogen) atoms. The summed E-state index contributed by atoms with van der Waals surface area (Å²) in [5.74, 6) is -0.630. The van der Waals surface area contributed by atoms with Gasteiger partial charge in [-0.2, -0.15) is 0 Å². The summed E-state index contributed by atoms with van der Waals surface area (Å²) in [4.78, 5) is 31.2. The fourth-order valence-corrected chi connectivity index (χ4v) is 3.46. The summed E-state index contributed by atoms with van der Waals surface area (Å²) >= 11 is 0. The van der Waals surface area contributed by atoms with Crippen molar-refractivity contribution in [2.24, 2.45) is 5.92 Å². The average Bonchev–Trinajstić information content (AvgIpc) is 2.44. The van der Waals surface area contributed by atoms with E-state index in [1.54, 1.807) is 12.1 Å². The highest BCUT2D eigenvalue weighted by molar-refractivity contribution is 7.53. The molecule has 0 saturated heterocycles. The predicted octanol–water partition coefficient (Wildman–Crippen LogP) is 3.37. The molecule has 2 aromatic rings. The molecular formula is C16H20NO4P. The molecule has 3 N–H and O–H groups in total. The molecule has 1 amide bonds. The molecule has 0 radical (unpaired) electrons. The Kier molecular flexibility index (Phi) is 5.01. The molecule has 0 bridgehead atoms. The highest BCUT2D eigenvalue weighted by Gasteiger charge is 2.36. The van der Waals surface area contributed by atoms with Crippen molar-refractivity contribution in [3.8, 4) is 0 Å². The van der Waals surface area contributed by atoms with Crippen molar-refractivity contribution < 1.29 is 19.1 Å². The number of carbonyl (C=O) groups excluding carboxylic acids is 1. The first-order valence-electron chi connectivity index (χ1n) is 7.13. The van der Waals surface area contributed by atoms with E-state index in [1.807, 2.05) is 44.2 Å². The molecule has 0 fully saturated rings. The molecule has 0 aliphatic carbocycles. The van der Waals surface area contributed by atoms with Crippen LogP contribution < -0.4 is 5.32 Å². The molecule has 0 aliphatic heterocycles. The number of benzene rings is 2. The summed E-state index contributed by atoms with van der Waals surface area (Å²) in [6, 6.07) is 13.0. The van der Waals surface area contributed by atoms with Crippen molar-refractivity contribution in [3.63, 3.8) is 0 Å². The van der Waals surface area contributed by atoms with Gasteiger partial charge in [-0.05, 0) is 23.8 Å². The van der Waals surface area contributed by atoms with Gasteiger partial charge in [0.15, 0.2) is 0 Å². The topological polar surface area (TPSA) is 86.6 Å². The van der Waals surface area contributed by atoms with Gasteiger partial charge in [-0.15, -0.1) is 0 Å². The fourth-order valence-electron chi connectivity index (χ4n) is 2.39. The third kappa shape index (κ3) is 3.95. The van der Waals surface area contributed by atoms with Crippen molar-refractivity contribution >= 4 is 30.0 Å². The number of amides is 1. The van der Waals surface area contributed by atoms with Crippen LogP contribution in [0.15, 0.2) is 42.5 Å². The molecule has 0 aliphatic rings. The van der Waals surface area contributed by atoms with Crippen molar-refractivity contribution in [3.05, 3.63) is 42.5 Å². The molecule has 5 nitrogen and oxygen atoms in total. The molecule has 1 atom stereocenters. The van der Waals surface area contributed by atoms with E-state index in [2.05, 4.69) is 5.32 Å². The third-order valence-corrected chi connectivity index (χ3v) is 4.71. The number of fused-ring (bicyclic) bond motifs is 1. The Morgan fingerprint density at radius 1 is 1.14 bits per heavy atom. The Bertz CT molecular complexity index is 718. The lowest BCUT2D eigenvalue weighted by Gasteiger charge is -2.20. The maximum absolute atomic E-state index is 12.3. The van der Waals surface area contributed by atoms with Crippen LogP contribution in [0.4, 0.5) is 5.69 Å². The lowest BCUT2D eigenvalue weighted by Crippen LogP contribution is -2.29. The first-order chi connectivity index (χ1) is 10.3. The van der Waals surface area contributed by atoms with Gasteiger partial charge in [0.2, 0.25) is 5.91 Å². The Morgan fingerprint density at radius 3 is 2.41 bits per heavy atom. The molecular weight excluding hydrogens is 301 g/mol. The normalized spacial score (nSPS) is 13.3. The Labute approximate surface area is 129 Å². The first-order valence-corrected chi connectivity index (χ1v) is 8.81. The predicted molar refractivity (Wildman–Crippen MR) is 87.9 cm³/mol. The summed E-state index contributed by atoms with van der Waals surface area (Å²) in [7, 11) is -4.50. The molecule has 0 heterocycles. The number of nitrogens with one attached hydrogen (secondary N) is 1. The molecule has 118 valence electrons. The smallest absolute Gasteiger partial charge is 0.325 e. The lowest BCUT2D eigenvalue weighted by atomic mass is 10.1. The minimum Gasteiger partial charge on any atom is -0.325 e. The Balaban J connectivity index is 2.31. The molecule has 1 unspecified atom stereocenters. The van der Waals surface area contributed by atoms with E-state index in [0.717, 1.165) is 10.8 Å². The van der Waals surface area contributed by atoms with Crippen LogP contribution in [0.3, 0.4) is 0 Å². The number of carbonyl (C=O) groups is 1. The van der Waals surface area contributed by atoms with E-state index < -0.39 is 19.2 Å². The minimum absolute atomic E-state index is 0.0101. The average molecular weight is 321 g/mol. The largest absolute Gasteiger partial charge is 0.337 e. The Hall–Kier alpha value is -1.68. The first kappa shape index (κ1) is 16.7. The zero-order chi connectivity index (χ0) is 16.3. The van der Waals surface area contributed by atoms with Gasteiger partial charge in [0.1, 0.15) is 5.66 Å². The lowest BCUT2D eigenvalue weighted by molar-refractivity contribution is -0.116. The molecule has 0 spiro atoms. The third-order valence-electron chi connectivity index (χ3n) is 3.45. The van der Waals surface area contributed by atoms with Crippen LogP contribution in [0.5, 0.6) is 0 Å². The van der Waals surface area contributed by atoms with E-state index in [0.29, 0.717) is 5.69 Å². The maximum Gasteiger partial charge on any atom is 0.337 e. The number of anilines is 1. The summed E-state index contributed by atoms with van der Waals surface area (Å²) in [5.41, 5.74) is -0.767. The van der Waals surface area contributed by atoms with Crippen LogP contribution in [-0.4, -0.2) is 21.4 Å². The van der Waals surface area contributed by atoms with Gasteiger partial charge in [0.25, 0.3) is 0 Å². The van der Waals surface area contributed by atoms with E-state index >= 15 is 0 Å². The number of hydrogen-bond donors (Lipinski definition) is 3. The van der Waals surface area contributed by atoms with Crippen LogP contribution in [0, 0.1) is 5.92 Å². The summed E-state index contributed by atoms with van der Waals surface area (Å²) in [5, 5.41) is 4.46. The zero-order valence-electron chi connectivity index (χ0n) is 12.6. The van der Waals surface area contributed by atoms with Crippen LogP contribution in [0.25, 0.3) is 10.8 Å². The van der Waals surface area contributed by atoms with Crippen molar-refractivity contribution in [1.82, 2.24) is 0 Å². The maximum atomic E-state index is 12.3. The molecule has 2 aromatic carbocycles. The quantitative estimate of drug-likeness (QED) is 0.737. The number of hydrogen-bond acceptors (Lipinski definition) is 2. The highest BCUT2D eigenvalue weighted by Crippen LogP contribution is 2.44. The fraction of sp³-hybridized carbons (Fsp3) is 0.312. The Morgan fingerprint density at radius 2 is 1.77 bits per heavy atom. The van der Waals surface area contributed by atoms with Gasteiger partial charge in [-0.25, -0.2) is 0 Å². The van der Waals surface area contributed by atoms with Crippen LogP contribution in [0.1, 0.15) is 20.3 Å². The van der Waals surface area contributed by atoms with Crippen LogP contribution in [-0.2, 0) is 9.36 Å². The van der Waals surface area contributed by atoms with E-state index in [4.69, 9.17) is 0 Å². The summed E-state index contributed by atoms with van der Waals surface area (Å²) < 4.78 is 11.6.